The topological polar surface area (TPSA) is 100 Å². The molecule has 0 radical (unpaired) electrons. The highest BCUT2D eigenvalue weighted by Gasteiger charge is 2.35. The zero-order valence-corrected chi connectivity index (χ0v) is 20.1. The van der Waals surface area contributed by atoms with Crippen molar-refractivity contribution in [3.05, 3.63) is 53.6 Å². The molecule has 0 aliphatic carbocycles. The van der Waals surface area contributed by atoms with Gasteiger partial charge in [0.1, 0.15) is 5.75 Å². The molecule has 1 atom stereocenters. The summed E-state index contributed by atoms with van der Waals surface area (Å²) in [5.41, 5.74) is 1.28. The first kappa shape index (κ1) is 25.0. The average Bonchev–Trinajstić information content (AvgIpc) is 3.25. The Balaban J connectivity index is 1.22. The van der Waals surface area contributed by atoms with Crippen LogP contribution in [0.15, 0.2) is 48.5 Å². The van der Waals surface area contributed by atoms with E-state index in [0.717, 1.165) is 32.8 Å². The molecule has 2 aromatic rings. The Morgan fingerprint density at radius 3 is 2.63 bits per heavy atom. The molecule has 186 valence electrons. The Kier molecular flexibility index (Phi) is 8.57. The molecule has 2 fully saturated rings. The Morgan fingerprint density at radius 1 is 1.11 bits per heavy atom. The van der Waals surface area contributed by atoms with Gasteiger partial charge in [-0.05, 0) is 42.5 Å². The number of hydrogen-bond acceptors (Lipinski definition) is 6. The number of benzene rings is 2. The van der Waals surface area contributed by atoms with Crippen LogP contribution in [-0.2, 0) is 19.1 Å². The first-order chi connectivity index (χ1) is 17.0. The lowest BCUT2D eigenvalue weighted by Gasteiger charge is -2.26. The maximum absolute atomic E-state index is 12.6. The van der Waals surface area contributed by atoms with Crippen LogP contribution in [0.4, 0.5) is 11.4 Å². The predicted octanol–water partition coefficient (Wildman–Crippen LogP) is 2.16. The van der Waals surface area contributed by atoms with E-state index in [1.54, 1.807) is 53.4 Å². The lowest BCUT2D eigenvalue weighted by atomic mass is 10.1. The summed E-state index contributed by atoms with van der Waals surface area (Å²) in [7, 11) is 0. The van der Waals surface area contributed by atoms with Crippen LogP contribution in [0, 0.1) is 5.92 Å². The standard InChI is InChI=1S/C25H29ClN4O5/c26-19-2-1-3-20(15-19)28-23(31)17-35-22-6-4-21(5-7-22)30-16-18(14-24(30)32)25(33)27-8-9-29-10-12-34-13-11-29/h1-7,15,18H,8-14,16-17H2,(H,27,33)(H,28,31)/t18-/m1/s1. The molecule has 0 spiro atoms. The highest BCUT2D eigenvalue weighted by molar-refractivity contribution is 6.30. The zero-order chi connectivity index (χ0) is 24.6. The number of carbonyl (C=O) groups is 3. The number of morpholine rings is 1. The van der Waals surface area contributed by atoms with Crippen molar-refractivity contribution in [2.45, 2.75) is 6.42 Å². The number of anilines is 2. The van der Waals surface area contributed by atoms with Gasteiger partial charge in [0.05, 0.1) is 19.1 Å². The van der Waals surface area contributed by atoms with E-state index in [-0.39, 0.29) is 36.7 Å². The minimum Gasteiger partial charge on any atom is -0.484 e. The monoisotopic (exact) mass is 500 g/mol. The molecule has 2 saturated heterocycles. The minimum atomic E-state index is -0.377. The minimum absolute atomic E-state index is 0.0899. The van der Waals surface area contributed by atoms with Gasteiger partial charge >= 0.3 is 0 Å². The quantitative estimate of drug-likeness (QED) is 0.547. The fourth-order valence-electron chi connectivity index (χ4n) is 4.07. The van der Waals surface area contributed by atoms with Gasteiger partial charge in [-0.2, -0.15) is 0 Å². The third-order valence-corrected chi connectivity index (χ3v) is 6.19. The number of nitrogens with one attached hydrogen (secondary N) is 2. The summed E-state index contributed by atoms with van der Waals surface area (Å²) in [6, 6.07) is 13.8. The van der Waals surface area contributed by atoms with Crippen molar-refractivity contribution < 1.29 is 23.9 Å². The second-order valence-electron chi connectivity index (χ2n) is 8.49. The van der Waals surface area contributed by atoms with Crippen molar-refractivity contribution in [2.24, 2.45) is 5.92 Å². The van der Waals surface area contributed by atoms with Gasteiger partial charge in [-0.25, -0.2) is 0 Å². The van der Waals surface area contributed by atoms with E-state index < -0.39 is 0 Å². The lowest BCUT2D eigenvalue weighted by Crippen LogP contribution is -2.42. The van der Waals surface area contributed by atoms with Crippen molar-refractivity contribution in [3.8, 4) is 5.75 Å². The molecular formula is C25H29ClN4O5. The van der Waals surface area contributed by atoms with E-state index in [1.165, 1.54) is 0 Å². The summed E-state index contributed by atoms with van der Waals surface area (Å²) in [6.45, 7) is 4.69. The Morgan fingerprint density at radius 2 is 1.89 bits per heavy atom. The summed E-state index contributed by atoms with van der Waals surface area (Å²) in [4.78, 5) is 41.1. The highest BCUT2D eigenvalue weighted by atomic mass is 35.5. The normalized spacial score (nSPS) is 18.4. The van der Waals surface area contributed by atoms with Crippen LogP contribution in [0.3, 0.4) is 0 Å². The molecular weight excluding hydrogens is 472 g/mol. The molecule has 0 aromatic heterocycles. The summed E-state index contributed by atoms with van der Waals surface area (Å²) >= 11 is 5.92. The first-order valence-corrected chi connectivity index (χ1v) is 12.0. The van der Waals surface area contributed by atoms with Crippen LogP contribution >= 0.6 is 11.6 Å². The van der Waals surface area contributed by atoms with Crippen molar-refractivity contribution >= 4 is 40.7 Å². The van der Waals surface area contributed by atoms with Crippen LogP contribution < -0.4 is 20.3 Å². The van der Waals surface area contributed by atoms with Crippen LogP contribution in [-0.4, -0.2) is 75.2 Å². The number of ether oxygens (including phenoxy) is 2. The second kappa shape index (κ2) is 12.0. The molecule has 2 heterocycles. The third kappa shape index (κ3) is 7.17. The molecule has 0 saturated carbocycles. The Hall–Kier alpha value is -3.14. The molecule has 0 unspecified atom stereocenters. The van der Waals surface area contributed by atoms with Gasteiger partial charge in [0, 0.05) is 55.5 Å². The van der Waals surface area contributed by atoms with Crippen molar-refractivity contribution in [1.82, 2.24) is 10.2 Å². The number of carbonyl (C=O) groups excluding carboxylic acids is 3. The SMILES string of the molecule is O=C(COc1ccc(N2C[C@H](C(=O)NCCN3CCOCC3)CC2=O)cc1)Nc1cccc(Cl)c1. The number of hydrogen-bond donors (Lipinski definition) is 2. The lowest BCUT2D eigenvalue weighted by molar-refractivity contribution is -0.126. The average molecular weight is 501 g/mol. The summed E-state index contributed by atoms with van der Waals surface area (Å²) < 4.78 is 10.9. The van der Waals surface area contributed by atoms with Gasteiger partial charge in [-0.3, -0.25) is 19.3 Å². The molecule has 2 aromatic carbocycles. The van der Waals surface area contributed by atoms with Gasteiger partial charge in [-0.15, -0.1) is 0 Å². The molecule has 9 nitrogen and oxygen atoms in total. The highest BCUT2D eigenvalue weighted by Crippen LogP contribution is 2.27. The number of halogens is 1. The summed E-state index contributed by atoms with van der Waals surface area (Å²) in [5, 5.41) is 6.20. The van der Waals surface area contributed by atoms with Crippen molar-refractivity contribution in [1.29, 1.82) is 0 Å². The molecule has 10 heteroatoms. The smallest absolute Gasteiger partial charge is 0.262 e. The van der Waals surface area contributed by atoms with Gasteiger partial charge < -0.3 is 25.0 Å². The summed E-state index contributed by atoms with van der Waals surface area (Å²) in [5.74, 6) is -0.376. The van der Waals surface area contributed by atoms with Crippen LogP contribution in [0.5, 0.6) is 5.75 Å². The van der Waals surface area contributed by atoms with E-state index in [9.17, 15) is 14.4 Å². The molecule has 2 aliphatic rings. The van der Waals surface area contributed by atoms with E-state index in [4.69, 9.17) is 21.1 Å². The van der Waals surface area contributed by atoms with Crippen LogP contribution in [0.1, 0.15) is 6.42 Å². The summed E-state index contributed by atoms with van der Waals surface area (Å²) in [6.07, 6.45) is 0.186. The zero-order valence-electron chi connectivity index (χ0n) is 19.4. The third-order valence-electron chi connectivity index (χ3n) is 5.95. The van der Waals surface area contributed by atoms with Gasteiger partial charge in [0.25, 0.3) is 5.91 Å². The predicted molar refractivity (Wildman–Crippen MR) is 133 cm³/mol. The van der Waals surface area contributed by atoms with Crippen LogP contribution in [0.25, 0.3) is 0 Å². The second-order valence-corrected chi connectivity index (χ2v) is 8.93. The van der Waals surface area contributed by atoms with Gasteiger partial charge in [-0.1, -0.05) is 17.7 Å². The Bertz CT molecular complexity index is 1040. The largest absolute Gasteiger partial charge is 0.484 e. The number of amides is 3. The molecule has 0 bridgehead atoms. The maximum Gasteiger partial charge on any atom is 0.262 e. The van der Waals surface area contributed by atoms with E-state index in [1.807, 2.05) is 0 Å². The van der Waals surface area contributed by atoms with Crippen LogP contribution in [0.2, 0.25) is 5.02 Å². The molecule has 35 heavy (non-hydrogen) atoms. The van der Waals surface area contributed by atoms with Crippen molar-refractivity contribution in [3.63, 3.8) is 0 Å². The van der Waals surface area contributed by atoms with Gasteiger partial charge in [0.2, 0.25) is 11.8 Å². The molecule has 4 rings (SSSR count). The molecule has 3 amide bonds. The first-order valence-electron chi connectivity index (χ1n) is 11.6. The van der Waals surface area contributed by atoms with Crippen molar-refractivity contribution in [2.75, 3.05) is 62.8 Å². The maximum atomic E-state index is 12.6. The molecule has 2 aliphatic heterocycles. The number of nitrogens with zero attached hydrogens (tertiary/aromatic N) is 2. The fourth-order valence-corrected chi connectivity index (χ4v) is 4.26. The molecule has 2 N–H and O–H groups in total. The van der Waals surface area contributed by atoms with E-state index in [0.29, 0.717) is 35.2 Å². The fraction of sp³-hybridized carbons (Fsp3) is 0.400. The van der Waals surface area contributed by atoms with Gasteiger partial charge in [0.15, 0.2) is 6.61 Å². The number of rotatable bonds is 9. The van der Waals surface area contributed by atoms with E-state index in [2.05, 4.69) is 15.5 Å². The Labute approximate surface area is 209 Å². The van der Waals surface area contributed by atoms with E-state index >= 15 is 0 Å².